The first-order valence-electron chi connectivity index (χ1n) is 9.70. The van der Waals surface area contributed by atoms with Gasteiger partial charge in [0.1, 0.15) is 0 Å². The number of amides is 2. The van der Waals surface area contributed by atoms with E-state index >= 15 is 0 Å². The third kappa shape index (κ3) is 6.08. The van der Waals surface area contributed by atoms with Crippen molar-refractivity contribution in [3.63, 3.8) is 0 Å². The van der Waals surface area contributed by atoms with Gasteiger partial charge >= 0.3 is 0 Å². The summed E-state index contributed by atoms with van der Waals surface area (Å²) in [5, 5.41) is 5.73. The number of para-hydroxylation sites is 1. The van der Waals surface area contributed by atoms with Crippen LogP contribution in [0.3, 0.4) is 0 Å². The number of benzene rings is 2. The van der Waals surface area contributed by atoms with Gasteiger partial charge in [-0.2, -0.15) is 0 Å². The Morgan fingerprint density at radius 1 is 1.04 bits per heavy atom. The molecular weight excluding hydrogens is 348 g/mol. The fourth-order valence-electron chi connectivity index (χ4n) is 2.63. The molecule has 0 saturated carbocycles. The number of carbonyl (C=O) groups excluding carboxylic acids is 2. The van der Waals surface area contributed by atoms with E-state index in [2.05, 4.69) is 43.5 Å². The summed E-state index contributed by atoms with van der Waals surface area (Å²) >= 11 is 0. The standard InChI is InChI=1S/C24H30N2O2/c1-6-17(2)25-23(28)20-9-7-8-10-21(20)26-22(27)16-13-18-11-14-19(15-12-18)24(3,4)5/h7-17H,6H2,1-5H3,(H,25,28)(H,26,27)/b16-13+/t17-/m1/s1. The van der Waals surface area contributed by atoms with Crippen LogP contribution in [0.1, 0.15) is 62.5 Å². The summed E-state index contributed by atoms with van der Waals surface area (Å²) in [7, 11) is 0. The number of nitrogens with one attached hydrogen (secondary N) is 2. The Balaban J connectivity index is 2.07. The maximum Gasteiger partial charge on any atom is 0.253 e. The van der Waals surface area contributed by atoms with Crippen LogP contribution in [0.4, 0.5) is 5.69 Å². The van der Waals surface area contributed by atoms with Crippen LogP contribution in [0, 0.1) is 0 Å². The molecule has 0 aliphatic carbocycles. The summed E-state index contributed by atoms with van der Waals surface area (Å²) in [4.78, 5) is 24.8. The number of rotatable bonds is 6. The fraction of sp³-hybridized carbons (Fsp3) is 0.333. The monoisotopic (exact) mass is 378 g/mol. The summed E-state index contributed by atoms with van der Waals surface area (Å²) in [5.41, 5.74) is 3.25. The Morgan fingerprint density at radius 2 is 1.68 bits per heavy atom. The SMILES string of the molecule is CC[C@@H](C)NC(=O)c1ccccc1NC(=O)/C=C/c1ccc(C(C)(C)C)cc1. The lowest BCUT2D eigenvalue weighted by atomic mass is 9.87. The molecule has 0 fully saturated rings. The third-order valence-corrected chi connectivity index (χ3v) is 4.62. The molecule has 0 aromatic heterocycles. The zero-order valence-corrected chi connectivity index (χ0v) is 17.4. The van der Waals surface area contributed by atoms with Crippen LogP contribution in [0.2, 0.25) is 0 Å². The molecule has 2 aromatic rings. The van der Waals surface area contributed by atoms with Crippen molar-refractivity contribution in [1.29, 1.82) is 0 Å². The Kier molecular flexibility index (Phi) is 7.16. The molecule has 1 atom stereocenters. The minimum absolute atomic E-state index is 0.0761. The van der Waals surface area contributed by atoms with E-state index in [1.165, 1.54) is 11.6 Å². The molecule has 2 aromatic carbocycles. The predicted octanol–water partition coefficient (Wildman–Crippen LogP) is 5.16. The van der Waals surface area contributed by atoms with E-state index < -0.39 is 0 Å². The van der Waals surface area contributed by atoms with Gasteiger partial charge in [0.2, 0.25) is 5.91 Å². The van der Waals surface area contributed by atoms with Gasteiger partial charge in [-0.1, -0.05) is 64.1 Å². The lowest BCUT2D eigenvalue weighted by Crippen LogP contribution is -2.32. The molecule has 2 N–H and O–H groups in total. The van der Waals surface area contributed by atoms with Crippen molar-refractivity contribution in [2.45, 2.75) is 52.5 Å². The highest BCUT2D eigenvalue weighted by Crippen LogP contribution is 2.22. The molecule has 0 aliphatic rings. The smallest absolute Gasteiger partial charge is 0.253 e. The summed E-state index contributed by atoms with van der Waals surface area (Å²) < 4.78 is 0. The van der Waals surface area contributed by atoms with Gasteiger partial charge in [-0.05, 0) is 48.1 Å². The zero-order chi connectivity index (χ0) is 20.7. The maximum atomic E-state index is 12.4. The molecule has 148 valence electrons. The number of carbonyl (C=O) groups is 2. The van der Waals surface area contributed by atoms with E-state index in [9.17, 15) is 9.59 Å². The molecule has 2 rings (SSSR count). The van der Waals surface area contributed by atoms with Gasteiger partial charge in [0.25, 0.3) is 5.91 Å². The Morgan fingerprint density at radius 3 is 2.29 bits per heavy atom. The predicted molar refractivity (Wildman–Crippen MR) is 116 cm³/mol. The van der Waals surface area contributed by atoms with Crippen LogP contribution in [0.5, 0.6) is 0 Å². The molecule has 4 nitrogen and oxygen atoms in total. The van der Waals surface area contributed by atoms with Crippen LogP contribution >= 0.6 is 0 Å². The van der Waals surface area contributed by atoms with Crippen molar-refractivity contribution < 1.29 is 9.59 Å². The Bertz CT molecular complexity index is 846. The number of anilines is 1. The van der Waals surface area contributed by atoms with Gasteiger partial charge in [-0.3, -0.25) is 9.59 Å². The lowest BCUT2D eigenvalue weighted by molar-refractivity contribution is -0.111. The van der Waals surface area contributed by atoms with Gasteiger partial charge in [0.05, 0.1) is 11.3 Å². The van der Waals surface area contributed by atoms with Crippen molar-refractivity contribution in [2.75, 3.05) is 5.32 Å². The molecule has 0 saturated heterocycles. The average molecular weight is 379 g/mol. The first-order valence-corrected chi connectivity index (χ1v) is 9.70. The van der Waals surface area contributed by atoms with Crippen molar-refractivity contribution >= 4 is 23.6 Å². The fourth-order valence-corrected chi connectivity index (χ4v) is 2.63. The molecule has 0 unspecified atom stereocenters. The summed E-state index contributed by atoms with van der Waals surface area (Å²) in [5.74, 6) is -0.462. The van der Waals surface area contributed by atoms with Gasteiger partial charge < -0.3 is 10.6 Å². The molecule has 0 aliphatic heterocycles. The van der Waals surface area contributed by atoms with Crippen molar-refractivity contribution in [3.8, 4) is 0 Å². The van der Waals surface area contributed by atoms with Crippen LogP contribution in [-0.2, 0) is 10.2 Å². The molecule has 0 spiro atoms. The van der Waals surface area contributed by atoms with Crippen molar-refractivity contribution in [1.82, 2.24) is 5.32 Å². The summed E-state index contributed by atoms with van der Waals surface area (Å²) in [6, 6.07) is 15.2. The molecule has 28 heavy (non-hydrogen) atoms. The topological polar surface area (TPSA) is 58.2 Å². The van der Waals surface area contributed by atoms with Gasteiger partial charge in [0, 0.05) is 12.1 Å². The minimum atomic E-state index is -0.274. The quantitative estimate of drug-likeness (QED) is 0.682. The molecule has 2 amide bonds. The largest absolute Gasteiger partial charge is 0.350 e. The second-order valence-electron chi connectivity index (χ2n) is 8.02. The lowest BCUT2D eigenvalue weighted by Gasteiger charge is -2.18. The normalized spacial score (nSPS) is 12.6. The highest BCUT2D eigenvalue weighted by atomic mass is 16.2. The molecule has 0 radical (unpaired) electrons. The van der Waals surface area contributed by atoms with E-state index in [4.69, 9.17) is 0 Å². The van der Waals surface area contributed by atoms with Crippen LogP contribution in [0.15, 0.2) is 54.6 Å². The van der Waals surface area contributed by atoms with Gasteiger partial charge in [-0.25, -0.2) is 0 Å². The number of hydrogen-bond donors (Lipinski definition) is 2. The first-order chi connectivity index (χ1) is 13.2. The van der Waals surface area contributed by atoms with Gasteiger partial charge in [0.15, 0.2) is 0 Å². The molecule has 4 heteroatoms. The molecular formula is C24H30N2O2. The second kappa shape index (κ2) is 9.36. The van der Waals surface area contributed by atoms with E-state index in [-0.39, 0.29) is 23.3 Å². The van der Waals surface area contributed by atoms with Crippen molar-refractivity contribution in [2.24, 2.45) is 0 Å². The number of hydrogen-bond acceptors (Lipinski definition) is 2. The van der Waals surface area contributed by atoms with Crippen LogP contribution < -0.4 is 10.6 Å². The van der Waals surface area contributed by atoms with E-state index in [0.29, 0.717) is 11.3 Å². The Labute approximate surface area is 168 Å². The Hall–Kier alpha value is -2.88. The van der Waals surface area contributed by atoms with Gasteiger partial charge in [-0.15, -0.1) is 0 Å². The summed E-state index contributed by atoms with van der Waals surface area (Å²) in [6.45, 7) is 10.5. The van der Waals surface area contributed by atoms with Crippen LogP contribution in [0.25, 0.3) is 6.08 Å². The highest BCUT2D eigenvalue weighted by molar-refractivity contribution is 6.07. The van der Waals surface area contributed by atoms with E-state index in [0.717, 1.165) is 12.0 Å². The third-order valence-electron chi connectivity index (χ3n) is 4.62. The maximum absolute atomic E-state index is 12.4. The highest BCUT2D eigenvalue weighted by Gasteiger charge is 2.14. The first kappa shape index (κ1) is 21.4. The van der Waals surface area contributed by atoms with E-state index in [1.807, 2.05) is 26.0 Å². The molecule has 0 heterocycles. The van der Waals surface area contributed by atoms with E-state index in [1.54, 1.807) is 30.3 Å². The average Bonchev–Trinajstić information content (AvgIpc) is 2.66. The zero-order valence-electron chi connectivity index (χ0n) is 17.4. The summed E-state index contributed by atoms with van der Waals surface area (Å²) in [6.07, 6.45) is 4.09. The molecule has 0 bridgehead atoms. The minimum Gasteiger partial charge on any atom is -0.350 e. The second-order valence-corrected chi connectivity index (χ2v) is 8.02. The van der Waals surface area contributed by atoms with Crippen LogP contribution in [-0.4, -0.2) is 17.9 Å². The van der Waals surface area contributed by atoms with Crippen molar-refractivity contribution in [3.05, 3.63) is 71.3 Å².